The molecule has 100 valence electrons. The van der Waals surface area contributed by atoms with Crippen LogP contribution in [0.25, 0.3) is 11.6 Å². The third-order valence-corrected chi connectivity index (χ3v) is 3.39. The number of aromatic nitrogens is 1. The summed E-state index contributed by atoms with van der Waals surface area (Å²) in [6, 6.07) is 0. The maximum Gasteiger partial charge on any atom is 0.0639 e. The summed E-state index contributed by atoms with van der Waals surface area (Å²) in [7, 11) is 0. The molecule has 1 aromatic heterocycles. The Morgan fingerprint density at radius 1 is 1.37 bits per heavy atom. The Labute approximate surface area is 120 Å². The number of anilines is 1. The topological polar surface area (TPSA) is 17.0 Å². The highest BCUT2D eigenvalue weighted by molar-refractivity contribution is 7.80. The van der Waals surface area contributed by atoms with E-state index in [0.29, 0.717) is 0 Å². The van der Waals surface area contributed by atoms with Gasteiger partial charge in [-0.1, -0.05) is 37.5 Å². The summed E-state index contributed by atoms with van der Waals surface area (Å²) < 4.78 is 2.23. The maximum absolute atomic E-state index is 4.34. The molecule has 0 amide bonds. The molecule has 0 unspecified atom stereocenters. The number of rotatable bonds is 6. The Morgan fingerprint density at radius 3 is 2.79 bits per heavy atom. The van der Waals surface area contributed by atoms with Gasteiger partial charge in [-0.15, -0.1) is 0 Å². The molecule has 1 heterocycles. The highest BCUT2D eigenvalue weighted by Crippen LogP contribution is 2.32. The van der Waals surface area contributed by atoms with Crippen molar-refractivity contribution in [3.63, 3.8) is 0 Å². The van der Waals surface area contributed by atoms with Crippen LogP contribution < -0.4 is 5.32 Å². The SMILES string of the molecule is C=CNc1cn(CCS)c(C2=CCCC=C2)c1C=C. The van der Waals surface area contributed by atoms with E-state index in [2.05, 4.69) is 60.1 Å². The van der Waals surface area contributed by atoms with Crippen molar-refractivity contribution in [1.29, 1.82) is 0 Å². The van der Waals surface area contributed by atoms with E-state index in [-0.39, 0.29) is 0 Å². The first kappa shape index (κ1) is 13.8. The molecule has 0 saturated heterocycles. The minimum absolute atomic E-state index is 0.808. The van der Waals surface area contributed by atoms with Gasteiger partial charge in [-0.05, 0) is 24.6 Å². The summed E-state index contributed by atoms with van der Waals surface area (Å²) in [6.07, 6.45) is 14.6. The van der Waals surface area contributed by atoms with E-state index in [4.69, 9.17) is 0 Å². The minimum atomic E-state index is 0.808. The van der Waals surface area contributed by atoms with Crippen LogP contribution >= 0.6 is 12.6 Å². The molecule has 0 radical (unpaired) electrons. The summed E-state index contributed by atoms with van der Waals surface area (Å²) in [5.74, 6) is 0.808. The van der Waals surface area contributed by atoms with Crippen LogP contribution in [0.15, 0.2) is 43.8 Å². The monoisotopic (exact) mass is 272 g/mol. The molecule has 19 heavy (non-hydrogen) atoms. The van der Waals surface area contributed by atoms with E-state index >= 15 is 0 Å². The fraction of sp³-hybridized carbons (Fsp3) is 0.250. The molecular formula is C16H20N2S. The van der Waals surface area contributed by atoms with Crippen molar-refractivity contribution in [2.45, 2.75) is 19.4 Å². The lowest BCUT2D eigenvalue weighted by atomic mass is 10.0. The van der Waals surface area contributed by atoms with Crippen molar-refractivity contribution in [3.05, 3.63) is 55.0 Å². The molecule has 1 aliphatic carbocycles. The summed E-state index contributed by atoms with van der Waals surface area (Å²) >= 11 is 4.34. The lowest BCUT2D eigenvalue weighted by Crippen LogP contribution is -2.03. The van der Waals surface area contributed by atoms with Gasteiger partial charge in [0.2, 0.25) is 0 Å². The second-order valence-electron chi connectivity index (χ2n) is 4.41. The van der Waals surface area contributed by atoms with Gasteiger partial charge < -0.3 is 9.88 Å². The van der Waals surface area contributed by atoms with Crippen molar-refractivity contribution in [2.24, 2.45) is 0 Å². The number of allylic oxidation sites excluding steroid dienone is 4. The normalized spacial score (nSPS) is 14.1. The number of aryl methyl sites for hydroxylation is 1. The smallest absolute Gasteiger partial charge is 0.0639 e. The second-order valence-corrected chi connectivity index (χ2v) is 4.86. The summed E-state index contributed by atoms with van der Waals surface area (Å²) in [5, 5.41) is 3.18. The first-order chi connectivity index (χ1) is 9.31. The molecule has 0 spiro atoms. The molecule has 0 aliphatic heterocycles. The molecule has 1 aliphatic rings. The largest absolute Gasteiger partial charge is 0.361 e. The molecular weight excluding hydrogens is 252 g/mol. The zero-order valence-corrected chi connectivity index (χ0v) is 12.0. The van der Waals surface area contributed by atoms with Gasteiger partial charge in [0.25, 0.3) is 0 Å². The number of thiol groups is 1. The van der Waals surface area contributed by atoms with Crippen molar-refractivity contribution in [1.82, 2.24) is 4.57 Å². The van der Waals surface area contributed by atoms with Crippen LogP contribution in [0, 0.1) is 0 Å². The van der Waals surface area contributed by atoms with Gasteiger partial charge in [-0.2, -0.15) is 12.6 Å². The van der Waals surface area contributed by atoms with Crippen molar-refractivity contribution >= 4 is 30.0 Å². The third-order valence-electron chi connectivity index (χ3n) is 3.19. The van der Waals surface area contributed by atoms with Gasteiger partial charge in [-0.3, -0.25) is 0 Å². The van der Waals surface area contributed by atoms with E-state index in [9.17, 15) is 0 Å². The van der Waals surface area contributed by atoms with Gasteiger partial charge >= 0.3 is 0 Å². The Hall–Kier alpha value is -1.61. The van der Waals surface area contributed by atoms with Crippen LogP contribution in [0.2, 0.25) is 0 Å². The number of nitrogens with zero attached hydrogens (tertiary/aromatic N) is 1. The number of hydrogen-bond acceptors (Lipinski definition) is 2. The van der Waals surface area contributed by atoms with Crippen molar-refractivity contribution < 1.29 is 0 Å². The summed E-state index contributed by atoms with van der Waals surface area (Å²) in [6.45, 7) is 8.55. The number of nitrogens with one attached hydrogen (secondary N) is 1. The van der Waals surface area contributed by atoms with E-state index in [1.54, 1.807) is 6.20 Å². The molecule has 0 saturated carbocycles. The Balaban J connectivity index is 2.53. The van der Waals surface area contributed by atoms with Crippen LogP contribution in [0.4, 0.5) is 5.69 Å². The van der Waals surface area contributed by atoms with E-state index < -0.39 is 0 Å². The predicted octanol–water partition coefficient (Wildman–Crippen LogP) is 4.35. The fourth-order valence-corrected chi connectivity index (χ4v) is 2.61. The Bertz CT molecular complexity index is 535. The van der Waals surface area contributed by atoms with E-state index in [1.165, 1.54) is 11.3 Å². The Morgan fingerprint density at radius 2 is 2.21 bits per heavy atom. The lowest BCUT2D eigenvalue weighted by Gasteiger charge is -2.12. The molecule has 3 heteroatoms. The predicted molar refractivity (Wildman–Crippen MR) is 88.5 cm³/mol. The van der Waals surface area contributed by atoms with E-state index in [0.717, 1.165) is 36.4 Å². The van der Waals surface area contributed by atoms with Gasteiger partial charge in [0.15, 0.2) is 0 Å². The lowest BCUT2D eigenvalue weighted by molar-refractivity contribution is 0.768. The summed E-state index contributed by atoms with van der Waals surface area (Å²) in [4.78, 5) is 0. The molecule has 1 N–H and O–H groups in total. The van der Waals surface area contributed by atoms with Gasteiger partial charge in [-0.25, -0.2) is 0 Å². The molecule has 0 aromatic carbocycles. The van der Waals surface area contributed by atoms with Crippen LogP contribution in [0.1, 0.15) is 24.1 Å². The molecule has 0 atom stereocenters. The molecule has 0 fully saturated rings. The third kappa shape index (κ3) is 2.87. The van der Waals surface area contributed by atoms with Crippen molar-refractivity contribution in [3.8, 4) is 0 Å². The zero-order valence-electron chi connectivity index (χ0n) is 11.1. The quantitative estimate of drug-likeness (QED) is 0.736. The van der Waals surface area contributed by atoms with Crippen LogP contribution in [0.5, 0.6) is 0 Å². The van der Waals surface area contributed by atoms with Crippen molar-refractivity contribution in [2.75, 3.05) is 11.1 Å². The molecule has 2 nitrogen and oxygen atoms in total. The highest BCUT2D eigenvalue weighted by Gasteiger charge is 2.15. The standard InChI is InChI=1S/C16H20N2S/c1-3-14-15(17-4-2)12-18(10-11-19)16(14)13-8-6-5-7-9-13/h3-4,6,8-9,12,17,19H,1-2,5,7,10-11H2. The van der Waals surface area contributed by atoms with Crippen LogP contribution in [0.3, 0.4) is 0 Å². The second kappa shape index (κ2) is 6.53. The first-order valence-corrected chi connectivity index (χ1v) is 7.16. The van der Waals surface area contributed by atoms with Crippen LogP contribution in [-0.2, 0) is 6.54 Å². The first-order valence-electron chi connectivity index (χ1n) is 6.52. The average molecular weight is 272 g/mol. The maximum atomic E-state index is 4.34. The van der Waals surface area contributed by atoms with Gasteiger partial charge in [0.1, 0.15) is 0 Å². The highest BCUT2D eigenvalue weighted by atomic mass is 32.1. The van der Waals surface area contributed by atoms with Gasteiger partial charge in [0.05, 0.1) is 11.4 Å². The van der Waals surface area contributed by atoms with Crippen LogP contribution in [-0.4, -0.2) is 10.3 Å². The minimum Gasteiger partial charge on any atom is -0.361 e. The van der Waals surface area contributed by atoms with Gasteiger partial charge in [0, 0.05) is 24.1 Å². The zero-order chi connectivity index (χ0) is 13.7. The summed E-state index contributed by atoms with van der Waals surface area (Å²) in [5.41, 5.74) is 4.64. The Kier molecular flexibility index (Phi) is 4.74. The fourth-order valence-electron chi connectivity index (χ4n) is 2.40. The average Bonchev–Trinajstić information content (AvgIpc) is 2.78. The molecule has 1 aromatic rings. The molecule has 2 rings (SSSR count). The molecule has 0 bridgehead atoms. The van der Waals surface area contributed by atoms with E-state index in [1.807, 2.05) is 6.08 Å². The number of hydrogen-bond donors (Lipinski definition) is 2.